The normalized spacial score (nSPS) is 11.3. The van der Waals surface area contributed by atoms with Crippen LogP contribution >= 0.6 is 0 Å². The smallest absolute Gasteiger partial charge is 0.160 e. The summed E-state index contributed by atoms with van der Waals surface area (Å²) in [5, 5.41) is 3.47. The van der Waals surface area contributed by atoms with Gasteiger partial charge in [-0.2, -0.15) is 0 Å². The van der Waals surface area contributed by atoms with Crippen LogP contribution < -0.4 is 16.2 Å². The highest BCUT2D eigenvalue weighted by Crippen LogP contribution is 2.28. The summed E-state index contributed by atoms with van der Waals surface area (Å²) >= 11 is 0. The number of aromatic nitrogens is 4. The molecule has 3 N–H and O–H groups in total. The zero-order chi connectivity index (χ0) is 20.9. The van der Waals surface area contributed by atoms with Gasteiger partial charge in [-0.15, -0.1) is 0 Å². The van der Waals surface area contributed by atoms with Gasteiger partial charge in [0.1, 0.15) is 0 Å². The number of imidazole rings is 1. The minimum Gasteiger partial charge on any atom is -0.352 e. The van der Waals surface area contributed by atoms with Crippen molar-refractivity contribution in [3.8, 4) is 0 Å². The van der Waals surface area contributed by atoms with Gasteiger partial charge >= 0.3 is 0 Å². The van der Waals surface area contributed by atoms with Crippen molar-refractivity contribution in [2.45, 2.75) is 33.1 Å². The lowest BCUT2D eigenvalue weighted by Gasteiger charge is -2.24. The number of nitrogens with one attached hydrogen (secondary N) is 3. The van der Waals surface area contributed by atoms with Crippen LogP contribution in [0.5, 0.6) is 0 Å². The number of nitrogens with zero attached hydrogens (tertiary/aromatic N) is 4. The van der Waals surface area contributed by atoms with E-state index in [4.69, 9.17) is 0 Å². The fourth-order valence-corrected chi connectivity index (χ4v) is 3.21. The van der Waals surface area contributed by atoms with Crippen molar-refractivity contribution < 1.29 is 0 Å². The lowest BCUT2D eigenvalue weighted by Crippen LogP contribution is -2.39. The van der Waals surface area contributed by atoms with E-state index < -0.39 is 0 Å². The Balaban J connectivity index is 0.00000117. The molecule has 3 heterocycles. The Kier molecular flexibility index (Phi) is 6.41. The third-order valence-corrected chi connectivity index (χ3v) is 4.68. The molecule has 0 aliphatic carbocycles. The molecule has 0 bridgehead atoms. The van der Waals surface area contributed by atoms with E-state index in [1.54, 1.807) is 12.4 Å². The van der Waals surface area contributed by atoms with Crippen molar-refractivity contribution in [1.29, 1.82) is 0 Å². The summed E-state index contributed by atoms with van der Waals surface area (Å²) < 4.78 is 2.14. The minimum absolute atomic E-state index is 0.0837. The Morgan fingerprint density at radius 1 is 1.00 bits per heavy atom. The van der Waals surface area contributed by atoms with Crippen LogP contribution in [-0.2, 0) is 5.41 Å². The second kappa shape index (κ2) is 8.98. The number of pyridine rings is 1. The molecule has 0 aliphatic heterocycles. The van der Waals surface area contributed by atoms with Crippen LogP contribution in [0.15, 0.2) is 55.1 Å². The quantitative estimate of drug-likeness (QED) is 0.430. The molecule has 0 saturated carbocycles. The first-order valence-electron chi connectivity index (χ1n) is 9.92. The highest BCUT2D eigenvalue weighted by Gasteiger charge is 2.24. The van der Waals surface area contributed by atoms with E-state index in [0.717, 1.165) is 40.3 Å². The van der Waals surface area contributed by atoms with Gasteiger partial charge in [0.25, 0.3) is 0 Å². The van der Waals surface area contributed by atoms with E-state index >= 15 is 0 Å². The van der Waals surface area contributed by atoms with Gasteiger partial charge in [-0.05, 0) is 37.4 Å². The molecule has 0 aliphatic rings. The molecule has 1 aromatic carbocycles. The molecule has 0 fully saturated rings. The van der Waals surface area contributed by atoms with Gasteiger partial charge < -0.3 is 9.72 Å². The number of fused-ring (bicyclic) bond motifs is 2. The topological polar surface area (TPSA) is 79.2 Å². The van der Waals surface area contributed by atoms with Crippen LogP contribution in [-0.4, -0.2) is 32.9 Å². The van der Waals surface area contributed by atoms with Crippen LogP contribution in [0, 0.1) is 0 Å². The number of hydrazine groups is 1. The first kappa shape index (κ1) is 20.7. The van der Waals surface area contributed by atoms with Crippen molar-refractivity contribution >= 4 is 28.1 Å². The van der Waals surface area contributed by atoms with E-state index in [2.05, 4.69) is 55.6 Å². The first-order chi connectivity index (χ1) is 14.1. The molecular formula is C22H29N7. The highest BCUT2D eigenvalue weighted by molar-refractivity contribution is 5.82. The van der Waals surface area contributed by atoms with Crippen LogP contribution in [0.1, 0.15) is 33.4 Å². The standard InChI is InChI=1S/C20H23N7.C2H6/c1-20(2,13-25-21-3)18-12-24-19-16(5-4-10-27(18)19)26-14-6-7-15-17(11-14)23-9-8-22-15;1-2/h4-12,21,25-26H,13H2,1-3H3;1-2H3. The van der Waals surface area contributed by atoms with Crippen LogP contribution in [0.3, 0.4) is 0 Å². The Bertz CT molecular complexity index is 1080. The average Bonchev–Trinajstić information content (AvgIpc) is 3.20. The molecule has 7 heteroatoms. The Labute approximate surface area is 171 Å². The predicted octanol–water partition coefficient (Wildman–Crippen LogP) is 4.05. The van der Waals surface area contributed by atoms with Gasteiger partial charge in [0.05, 0.1) is 16.7 Å². The van der Waals surface area contributed by atoms with Gasteiger partial charge in [-0.1, -0.05) is 27.7 Å². The maximum absolute atomic E-state index is 4.68. The third kappa shape index (κ3) is 4.36. The Morgan fingerprint density at radius 3 is 2.52 bits per heavy atom. The third-order valence-electron chi connectivity index (χ3n) is 4.68. The molecule has 3 aromatic heterocycles. The van der Waals surface area contributed by atoms with E-state index in [9.17, 15) is 0 Å². The zero-order valence-corrected chi connectivity index (χ0v) is 17.7. The van der Waals surface area contributed by atoms with Crippen LogP contribution in [0.2, 0.25) is 0 Å². The van der Waals surface area contributed by atoms with Crippen LogP contribution in [0.25, 0.3) is 16.7 Å². The molecule has 0 spiro atoms. The van der Waals surface area contributed by atoms with Crippen molar-refractivity contribution in [2.24, 2.45) is 0 Å². The molecule has 0 saturated heterocycles. The summed E-state index contributed by atoms with van der Waals surface area (Å²) in [6.45, 7) is 9.18. The van der Waals surface area contributed by atoms with Crippen molar-refractivity contribution in [1.82, 2.24) is 30.2 Å². The number of anilines is 2. The molecule has 0 atom stereocenters. The molecule has 29 heavy (non-hydrogen) atoms. The van der Waals surface area contributed by atoms with E-state index in [1.807, 2.05) is 57.4 Å². The fraction of sp³-hybridized carbons (Fsp3) is 0.318. The maximum Gasteiger partial charge on any atom is 0.160 e. The molecule has 0 unspecified atom stereocenters. The van der Waals surface area contributed by atoms with Gasteiger partial charge in [-0.3, -0.25) is 20.8 Å². The Hall–Kier alpha value is -3.03. The largest absolute Gasteiger partial charge is 0.352 e. The lowest BCUT2D eigenvalue weighted by molar-refractivity contribution is 0.427. The second-order valence-electron chi connectivity index (χ2n) is 7.13. The monoisotopic (exact) mass is 391 g/mol. The molecular weight excluding hydrogens is 362 g/mol. The summed E-state index contributed by atoms with van der Waals surface area (Å²) in [5.41, 5.74) is 11.8. The highest BCUT2D eigenvalue weighted by atomic mass is 15.3. The van der Waals surface area contributed by atoms with E-state index in [1.165, 1.54) is 0 Å². The molecule has 0 amide bonds. The summed E-state index contributed by atoms with van der Waals surface area (Å²) in [4.78, 5) is 13.4. The molecule has 4 rings (SSSR count). The molecule has 7 nitrogen and oxygen atoms in total. The van der Waals surface area contributed by atoms with Crippen molar-refractivity contribution in [3.05, 3.63) is 60.8 Å². The second-order valence-corrected chi connectivity index (χ2v) is 7.13. The number of hydrogen-bond acceptors (Lipinski definition) is 6. The maximum atomic E-state index is 4.68. The lowest BCUT2D eigenvalue weighted by atomic mass is 9.90. The summed E-state index contributed by atoms with van der Waals surface area (Å²) in [6.07, 6.45) is 7.40. The average molecular weight is 392 g/mol. The van der Waals surface area contributed by atoms with Gasteiger partial charge in [-0.25, -0.2) is 4.98 Å². The van der Waals surface area contributed by atoms with Crippen LogP contribution in [0.4, 0.5) is 11.4 Å². The van der Waals surface area contributed by atoms with Gasteiger partial charge in [0.15, 0.2) is 5.65 Å². The summed E-state index contributed by atoms with van der Waals surface area (Å²) in [6, 6.07) is 10.0. The molecule has 4 aromatic rings. The van der Waals surface area contributed by atoms with Crippen molar-refractivity contribution in [3.63, 3.8) is 0 Å². The number of rotatable bonds is 6. The number of hydrogen-bond donors (Lipinski definition) is 3. The van der Waals surface area contributed by atoms with Gasteiger partial charge in [0.2, 0.25) is 0 Å². The SMILES string of the molecule is CC.CNNCC(C)(C)c1cnc2c(Nc3ccc4nccnc4c3)cccn12. The zero-order valence-electron chi connectivity index (χ0n) is 17.7. The van der Waals surface area contributed by atoms with Gasteiger partial charge in [0, 0.05) is 48.1 Å². The summed E-state index contributed by atoms with van der Waals surface area (Å²) in [5.74, 6) is 0. The minimum atomic E-state index is -0.0837. The van der Waals surface area contributed by atoms with Crippen molar-refractivity contribution in [2.75, 3.05) is 18.9 Å². The van der Waals surface area contributed by atoms with E-state index in [-0.39, 0.29) is 5.41 Å². The Morgan fingerprint density at radius 2 is 1.76 bits per heavy atom. The summed E-state index contributed by atoms with van der Waals surface area (Å²) in [7, 11) is 1.88. The van der Waals surface area contributed by atoms with E-state index in [0.29, 0.717) is 0 Å². The molecule has 152 valence electrons. The molecule has 0 radical (unpaired) electrons. The fourth-order valence-electron chi connectivity index (χ4n) is 3.21. The predicted molar refractivity (Wildman–Crippen MR) is 119 cm³/mol. The first-order valence-corrected chi connectivity index (χ1v) is 9.92. The number of benzene rings is 1.